The van der Waals surface area contributed by atoms with Gasteiger partial charge in [-0.3, -0.25) is 10.1 Å². The van der Waals surface area contributed by atoms with E-state index in [0.29, 0.717) is 5.75 Å². The summed E-state index contributed by atoms with van der Waals surface area (Å²) in [5, 5.41) is 12.3. The zero-order valence-corrected chi connectivity index (χ0v) is 12.4. The number of hydrogen-bond donors (Lipinski definition) is 2. The van der Waals surface area contributed by atoms with Gasteiger partial charge in [-0.05, 0) is 39.3 Å². The van der Waals surface area contributed by atoms with Gasteiger partial charge in [0.25, 0.3) is 0 Å². The molecule has 112 valence electrons. The summed E-state index contributed by atoms with van der Waals surface area (Å²) >= 11 is 0. The molecule has 4 nitrogen and oxygen atoms in total. The van der Waals surface area contributed by atoms with Crippen molar-refractivity contribution in [1.29, 1.82) is 0 Å². The third kappa shape index (κ3) is 4.49. The Kier molecular flexibility index (Phi) is 5.51. The van der Waals surface area contributed by atoms with Gasteiger partial charge in [-0.2, -0.15) is 0 Å². The molecule has 0 spiro atoms. The van der Waals surface area contributed by atoms with E-state index in [1.54, 1.807) is 13.0 Å². The van der Waals surface area contributed by atoms with E-state index in [4.69, 9.17) is 4.74 Å². The van der Waals surface area contributed by atoms with E-state index >= 15 is 0 Å². The highest BCUT2D eigenvalue weighted by molar-refractivity contribution is 5.78. The summed E-state index contributed by atoms with van der Waals surface area (Å²) in [5.41, 5.74) is -0.240. The zero-order chi connectivity index (χ0) is 15.3. The molecule has 0 bridgehead atoms. The highest BCUT2D eigenvalue weighted by atomic mass is 19.1. The first-order valence-corrected chi connectivity index (χ1v) is 6.64. The average Bonchev–Trinajstić information content (AvgIpc) is 2.32. The number of halogens is 1. The lowest BCUT2D eigenvalue weighted by Gasteiger charge is -2.28. The van der Waals surface area contributed by atoms with Crippen LogP contribution in [0.4, 0.5) is 4.39 Å². The Morgan fingerprint density at radius 1 is 1.50 bits per heavy atom. The van der Waals surface area contributed by atoms with Crippen molar-refractivity contribution in [2.75, 3.05) is 6.61 Å². The fourth-order valence-electron chi connectivity index (χ4n) is 1.97. The van der Waals surface area contributed by atoms with Crippen LogP contribution in [0.25, 0.3) is 0 Å². The Labute approximate surface area is 119 Å². The first-order valence-electron chi connectivity index (χ1n) is 6.64. The number of aryl methyl sites for hydroxylation is 1. The van der Waals surface area contributed by atoms with Gasteiger partial charge in [0.2, 0.25) is 0 Å². The largest absolute Gasteiger partial charge is 0.493 e. The van der Waals surface area contributed by atoms with Crippen LogP contribution in [0.3, 0.4) is 0 Å². The van der Waals surface area contributed by atoms with Crippen LogP contribution in [0.5, 0.6) is 5.75 Å². The van der Waals surface area contributed by atoms with E-state index in [0.717, 1.165) is 5.56 Å². The molecule has 5 heteroatoms. The first kappa shape index (κ1) is 16.4. The Morgan fingerprint density at radius 3 is 2.70 bits per heavy atom. The molecule has 1 unspecified atom stereocenters. The van der Waals surface area contributed by atoms with Crippen LogP contribution >= 0.6 is 0 Å². The highest BCUT2D eigenvalue weighted by Gasteiger charge is 2.33. The lowest BCUT2D eigenvalue weighted by molar-refractivity contribution is -0.145. The molecule has 1 rings (SSSR count). The molecule has 1 aromatic rings. The molecule has 0 fully saturated rings. The molecule has 0 aliphatic heterocycles. The fraction of sp³-hybridized carbons (Fsp3) is 0.533. The van der Waals surface area contributed by atoms with Crippen molar-refractivity contribution in [2.45, 2.75) is 45.7 Å². The van der Waals surface area contributed by atoms with Crippen molar-refractivity contribution in [3.8, 4) is 5.75 Å². The number of carboxylic acids is 1. The summed E-state index contributed by atoms with van der Waals surface area (Å²) in [4.78, 5) is 11.3. The molecule has 0 saturated heterocycles. The summed E-state index contributed by atoms with van der Waals surface area (Å²) in [6, 6.07) is 4.35. The first-order chi connectivity index (χ1) is 9.24. The van der Waals surface area contributed by atoms with Gasteiger partial charge in [-0.25, -0.2) is 4.39 Å². The van der Waals surface area contributed by atoms with Crippen molar-refractivity contribution in [2.24, 2.45) is 0 Å². The Morgan fingerprint density at radius 2 is 2.15 bits per heavy atom. The Bertz CT molecular complexity index is 476. The summed E-state index contributed by atoms with van der Waals surface area (Å²) in [6.45, 7) is 7.42. The predicted molar refractivity (Wildman–Crippen MR) is 75.6 cm³/mol. The molecule has 1 aromatic carbocycles. The molecular formula is C15H22FNO3. The van der Waals surface area contributed by atoms with E-state index < -0.39 is 11.5 Å². The lowest BCUT2D eigenvalue weighted by atomic mass is 9.97. The molecular weight excluding hydrogens is 261 g/mol. The quantitative estimate of drug-likeness (QED) is 0.808. The maximum Gasteiger partial charge on any atom is 0.323 e. The maximum absolute atomic E-state index is 13.1. The van der Waals surface area contributed by atoms with Crippen molar-refractivity contribution in [3.63, 3.8) is 0 Å². The second-order valence-corrected chi connectivity index (χ2v) is 5.44. The molecule has 0 aliphatic carbocycles. The molecule has 0 amide bonds. The molecule has 0 saturated carbocycles. The highest BCUT2D eigenvalue weighted by Crippen LogP contribution is 2.20. The third-order valence-electron chi connectivity index (χ3n) is 3.09. The number of ether oxygens (including phenoxy) is 1. The minimum atomic E-state index is -1.06. The van der Waals surface area contributed by atoms with Crippen molar-refractivity contribution in [3.05, 3.63) is 29.6 Å². The van der Waals surface area contributed by atoms with Crippen LogP contribution in [-0.4, -0.2) is 29.3 Å². The molecule has 0 heterocycles. The third-order valence-corrected chi connectivity index (χ3v) is 3.09. The van der Waals surface area contributed by atoms with E-state index in [9.17, 15) is 14.3 Å². The number of nitrogens with one attached hydrogen (secondary N) is 1. The molecule has 0 aliphatic rings. The summed E-state index contributed by atoms with van der Waals surface area (Å²) in [6.07, 6.45) is 0.288. The molecule has 2 N–H and O–H groups in total. The van der Waals surface area contributed by atoms with Crippen LogP contribution in [0.1, 0.15) is 32.8 Å². The summed E-state index contributed by atoms with van der Waals surface area (Å²) in [5.74, 6) is -0.847. The number of carbonyl (C=O) groups is 1. The molecule has 0 radical (unpaired) electrons. The van der Waals surface area contributed by atoms with E-state index in [-0.39, 0.29) is 24.9 Å². The minimum Gasteiger partial charge on any atom is -0.493 e. The predicted octanol–water partition coefficient (Wildman–Crippen LogP) is 2.74. The van der Waals surface area contributed by atoms with Crippen LogP contribution in [0, 0.1) is 12.7 Å². The molecule has 0 aromatic heterocycles. The Balaban J connectivity index is 2.65. The van der Waals surface area contributed by atoms with Crippen molar-refractivity contribution < 1.29 is 19.0 Å². The number of rotatable bonds is 7. The van der Waals surface area contributed by atoms with E-state index in [2.05, 4.69) is 5.32 Å². The minimum absolute atomic E-state index is 0.0482. The van der Waals surface area contributed by atoms with Gasteiger partial charge in [0.05, 0.1) is 6.61 Å². The zero-order valence-electron chi connectivity index (χ0n) is 12.4. The Hall–Kier alpha value is -1.62. The lowest BCUT2D eigenvalue weighted by Crippen LogP contribution is -2.53. The van der Waals surface area contributed by atoms with Crippen LogP contribution < -0.4 is 10.1 Å². The topological polar surface area (TPSA) is 58.6 Å². The van der Waals surface area contributed by atoms with Crippen LogP contribution in [0.15, 0.2) is 18.2 Å². The van der Waals surface area contributed by atoms with Crippen LogP contribution in [0.2, 0.25) is 0 Å². The van der Waals surface area contributed by atoms with Gasteiger partial charge in [0.1, 0.15) is 17.1 Å². The van der Waals surface area contributed by atoms with Gasteiger partial charge in [-0.1, -0.05) is 6.07 Å². The molecule has 1 atom stereocenters. The fourth-order valence-corrected chi connectivity index (χ4v) is 1.97. The summed E-state index contributed by atoms with van der Waals surface area (Å²) < 4.78 is 18.6. The van der Waals surface area contributed by atoms with E-state index in [1.807, 2.05) is 20.8 Å². The van der Waals surface area contributed by atoms with Gasteiger partial charge < -0.3 is 9.84 Å². The van der Waals surface area contributed by atoms with Gasteiger partial charge in [0.15, 0.2) is 0 Å². The maximum atomic E-state index is 13.1. The standard InChI is InChI=1S/C15H22FNO3/c1-10(2)17-15(4,14(18)19)7-8-20-13-9-12(16)6-5-11(13)3/h5-6,9-10,17H,7-8H2,1-4H3,(H,18,19). The normalized spacial score (nSPS) is 14.1. The number of benzene rings is 1. The smallest absolute Gasteiger partial charge is 0.323 e. The second-order valence-electron chi connectivity index (χ2n) is 5.44. The molecule has 20 heavy (non-hydrogen) atoms. The number of aliphatic carboxylic acids is 1. The SMILES string of the molecule is Cc1ccc(F)cc1OCCC(C)(NC(C)C)C(=O)O. The number of hydrogen-bond acceptors (Lipinski definition) is 3. The summed E-state index contributed by atoms with van der Waals surface area (Å²) in [7, 11) is 0. The van der Waals surface area contributed by atoms with Crippen molar-refractivity contribution >= 4 is 5.97 Å². The van der Waals surface area contributed by atoms with Gasteiger partial charge in [0, 0.05) is 18.5 Å². The van der Waals surface area contributed by atoms with Gasteiger partial charge >= 0.3 is 5.97 Å². The van der Waals surface area contributed by atoms with Gasteiger partial charge in [-0.15, -0.1) is 0 Å². The van der Waals surface area contributed by atoms with Crippen LogP contribution in [-0.2, 0) is 4.79 Å². The van der Waals surface area contributed by atoms with E-state index in [1.165, 1.54) is 12.1 Å². The average molecular weight is 283 g/mol. The number of carboxylic acid groups (broad SMARTS) is 1. The monoisotopic (exact) mass is 283 g/mol. The second kappa shape index (κ2) is 6.70. The van der Waals surface area contributed by atoms with Crippen molar-refractivity contribution in [1.82, 2.24) is 5.32 Å².